The molecular formula is C22H23ClN2O3S. The zero-order chi connectivity index (χ0) is 20.8. The third kappa shape index (κ3) is 4.89. The minimum atomic E-state index is -0.478. The van der Waals surface area contributed by atoms with E-state index >= 15 is 0 Å². The standard InChI is InChI=1S/C22H23ClN2O3S/c1-3-25(4-2)16-11-9-15(10-12-16)21(26)24-13-14-28-22(27)20-19(23)17-7-5-6-8-18(17)29-20/h5-12H,3-4,13-14H2,1-2H3,(H,24,26). The molecule has 0 fully saturated rings. The Morgan fingerprint density at radius 1 is 1.07 bits per heavy atom. The van der Waals surface area contributed by atoms with Crippen LogP contribution in [0.5, 0.6) is 0 Å². The van der Waals surface area contributed by atoms with Gasteiger partial charge in [0.1, 0.15) is 11.5 Å². The number of nitrogens with one attached hydrogen (secondary N) is 1. The van der Waals surface area contributed by atoms with Gasteiger partial charge >= 0.3 is 5.97 Å². The van der Waals surface area contributed by atoms with Gasteiger partial charge in [-0.2, -0.15) is 0 Å². The van der Waals surface area contributed by atoms with E-state index in [2.05, 4.69) is 24.1 Å². The molecule has 0 radical (unpaired) electrons. The molecule has 5 nitrogen and oxygen atoms in total. The van der Waals surface area contributed by atoms with Crippen molar-refractivity contribution in [2.24, 2.45) is 0 Å². The van der Waals surface area contributed by atoms with Crippen LogP contribution >= 0.6 is 22.9 Å². The molecular weight excluding hydrogens is 408 g/mol. The summed E-state index contributed by atoms with van der Waals surface area (Å²) < 4.78 is 6.21. The number of anilines is 1. The van der Waals surface area contributed by atoms with Crippen molar-refractivity contribution in [1.29, 1.82) is 0 Å². The van der Waals surface area contributed by atoms with Crippen molar-refractivity contribution in [3.8, 4) is 0 Å². The van der Waals surface area contributed by atoms with E-state index in [1.807, 2.05) is 36.4 Å². The summed E-state index contributed by atoms with van der Waals surface area (Å²) in [5.74, 6) is -0.680. The molecule has 7 heteroatoms. The van der Waals surface area contributed by atoms with Gasteiger partial charge in [0.25, 0.3) is 5.91 Å². The molecule has 2 aromatic carbocycles. The molecule has 0 bridgehead atoms. The van der Waals surface area contributed by atoms with Gasteiger partial charge in [0.15, 0.2) is 0 Å². The van der Waals surface area contributed by atoms with E-state index in [1.165, 1.54) is 11.3 Å². The summed E-state index contributed by atoms with van der Waals surface area (Å²) >= 11 is 7.59. The Kier molecular flexibility index (Phi) is 7.12. The number of hydrogen-bond acceptors (Lipinski definition) is 5. The molecule has 1 amide bonds. The van der Waals surface area contributed by atoms with Crippen LogP contribution in [-0.2, 0) is 4.74 Å². The second kappa shape index (κ2) is 9.76. The highest BCUT2D eigenvalue weighted by molar-refractivity contribution is 7.21. The third-order valence-corrected chi connectivity index (χ3v) is 6.25. The van der Waals surface area contributed by atoms with Crippen LogP contribution in [-0.4, -0.2) is 38.1 Å². The lowest BCUT2D eigenvalue weighted by Crippen LogP contribution is -2.28. The van der Waals surface area contributed by atoms with E-state index in [0.717, 1.165) is 28.9 Å². The zero-order valence-electron chi connectivity index (χ0n) is 16.4. The number of ether oxygens (including phenoxy) is 1. The molecule has 0 atom stereocenters. The first-order valence-electron chi connectivity index (χ1n) is 9.52. The van der Waals surface area contributed by atoms with E-state index in [4.69, 9.17) is 16.3 Å². The molecule has 0 saturated heterocycles. The van der Waals surface area contributed by atoms with Crippen LogP contribution in [0, 0.1) is 0 Å². The summed E-state index contributed by atoms with van der Waals surface area (Å²) in [6, 6.07) is 15.0. The number of carbonyl (C=O) groups excluding carboxylic acids is 2. The maximum Gasteiger partial charge on any atom is 0.349 e. The van der Waals surface area contributed by atoms with Crippen LogP contribution in [0.15, 0.2) is 48.5 Å². The lowest BCUT2D eigenvalue weighted by Gasteiger charge is -2.21. The summed E-state index contributed by atoms with van der Waals surface area (Å²) in [6.45, 7) is 6.32. The van der Waals surface area contributed by atoms with Crippen LogP contribution in [0.4, 0.5) is 5.69 Å². The van der Waals surface area contributed by atoms with Crippen LogP contribution in [0.25, 0.3) is 10.1 Å². The van der Waals surface area contributed by atoms with Gasteiger partial charge in [0, 0.05) is 34.4 Å². The predicted molar refractivity (Wildman–Crippen MR) is 119 cm³/mol. The van der Waals surface area contributed by atoms with Gasteiger partial charge in [-0.1, -0.05) is 29.8 Å². The Labute approximate surface area is 179 Å². The van der Waals surface area contributed by atoms with Crippen LogP contribution in [0.2, 0.25) is 5.02 Å². The van der Waals surface area contributed by atoms with E-state index in [1.54, 1.807) is 12.1 Å². The molecule has 152 valence electrons. The van der Waals surface area contributed by atoms with Crippen LogP contribution in [0.1, 0.15) is 33.9 Å². The van der Waals surface area contributed by atoms with E-state index in [0.29, 0.717) is 15.5 Å². The quantitative estimate of drug-likeness (QED) is 0.404. The predicted octanol–water partition coefficient (Wildman–Crippen LogP) is 4.99. The normalized spacial score (nSPS) is 10.7. The van der Waals surface area contributed by atoms with E-state index in [-0.39, 0.29) is 19.1 Å². The van der Waals surface area contributed by atoms with Gasteiger partial charge in [-0.05, 0) is 44.2 Å². The Balaban J connectivity index is 1.50. The lowest BCUT2D eigenvalue weighted by atomic mass is 10.2. The largest absolute Gasteiger partial charge is 0.460 e. The minimum Gasteiger partial charge on any atom is -0.460 e. The second-order valence-corrected chi connectivity index (χ2v) is 7.78. The van der Waals surface area contributed by atoms with Gasteiger partial charge in [0.2, 0.25) is 0 Å². The van der Waals surface area contributed by atoms with Crippen molar-refractivity contribution in [2.75, 3.05) is 31.1 Å². The fraction of sp³-hybridized carbons (Fsp3) is 0.273. The maximum absolute atomic E-state index is 12.3. The second-order valence-electron chi connectivity index (χ2n) is 6.35. The first kappa shape index (κ1) is 21.1. The third-order valence-electron chi connectivity index (χ3n) is 4.60. The van der Waals surface area contributed by atoms with Crippen LogP contribution in [0.3, 0.4) is 0 Å². The van der Waals surface area contributed by atoms with Crippen molar-refractivity contribution < 1.29 is 14.3 Å². The molecule has 29 heavy (non-hydrogen) atoms. The smallest absolute Gasteiger partial charge is 0.349 e. The highest BCUT2D eigenvalue weighted by atomic mass is 35.5. The van der Waals surface area contributed by atoms with Gasteiger partial charge < -0.3 is 15.0 Å². The summed E-state index contributed by atoms with van der Waals surface area (Å²) in [5, 5.41) is 4.01. The fourth-order valence-corrected chi connectivity index (χ4v) is 4.44. The minimum absolute atomic E-state index is 0.0761. The molecule has 0 spiro atoms. The number of rotatable bonds is 8. The van der Waals surface area contributed by atoms with Crippen molar-refractivity contribution in [1.82, 2.24) is 5.32 Å². The summed E-state index contributed by atoms with van der Waals surface area (Å²) in [7, 11) is 0. The molecule has 0 aliphatic heterocycles. The van der Waals surface area contributed by atoms with Gasteiger partial charge in [0.05, 0.1) is 11.6 Å². The van der Waals surface area contributed by atoms with Crippen molar-refractivity contribution in [2.45, 2.75) is 13.8 Å². The first-order chi connectivity index (χ1) is 14.0. The number of hydrogen-bond donors (Lipinski definition) is 1. The van der Waals surface area contributed by atoms with Gasteiger partial charge in [-0.3, -0.25) is 4.79 Å². The summed E-state index contributed by atoms with van der Waals surface area (Å²) in [4.78, 5) is 27.2. The Bertz CT molecular complexity index is 997. The molecule has 3 aromatic rings. The summed E-state index contributed by atoms with van der Waals surface area (Å²) in [6.07, 6.45) is 0. The van der Waals surface area contributed by atoms with Gasteiger partial charge in [-0.25, -0.2) is 4.79 Å². The number of amides is 1. The van der Waals surface area contributed by atoms with E-state index in [9.17, 15) is 9.59 Å². The SMILES string of the molecule is CCN(CC)c1ccc(C(=O)NCCOC(=O)c2sc3ccccc3c2Cl)cc1. The number of halogens is 1. The zero-order valence-corrected chi connectivity index (χ0v) is 18.0. The topological polar surface area (TPSA) is 58.6 Å². The summed E-state index contributed by atoms with van der Waals surface area (Å²) in [5.41, 5.74) is 1.65. The molecule has 0 aliphatic carbocycles. The number of benzene rings is 2. The van der Waals surface area contributed by atoms with Crippen molar-refractivity contribution in [3.63, 3.8) is 0 Å². The van der Waals surface area contributed by atoms with Crippen molar-refractivity contribution in [3.05, 3.63) is 64.0 Å². The Morgan fingerprint density at radius 2 is 1.76 bits per heavy atom. The fourth-order valence-electron chi connectivity index (χ4n) is 3.03. The Morgan fingerprint density at radius 3 is 2.41 bits per heavy atom. The van der Waals surface area contributed by atoms with Crippen LogP contribution < -0.4 is 10.2 Å². The lowest BCUT2D eigenvalue weighted by molar-refractivity contribution is 0.0509. The maximum atomic E-state index is 12.3. The molecule has 0 saturated carbocycles. The number of esters is 1. The van der Waals surface area contributed by atoms with Gasteiger partial charge in [-0.15, -0.1) is 11.3 Å². The van der Waals surface area contributed by atoms with Crippen molar-refractivity contribution >= 4 is 50.6 Å². The molecule has 0 unspecified atom stereocenters. The Hall–Kier alpha value is -2.57. The highest BCUT2D eigenvalue weighted by Crippen LogP contribution is 2.35. The number of thiophene rings is 1. The molecule has 0 aliphatic rings. The molecule has 1 N–H and O–H groups in total. The monoisotopic (exact) mass is 430 g/mol. The number of carbonyl (C=O) groups is 2. The first-order valence-corrected chi connectivity index (χ1v) is 10.7. The molecule has 3 rings (SSSR count). The number of fused-ring (bicyclic) bond motifs is 1. The average Bonchev–Trinajstić information content (AvgIpc) is 3.09. The highest BCUT2D eigenvalue weighted by Gasteiger charge is 2.18. The number of nitrogens with zero attached hydrogens (tertiary/aromatic N) is 1. The average molecular weight is 431 g/mol. The van der Waals surface area contributed by atoms with E-state index < -0.39 is 5.97 Å². The molecule has 1 heterocycles. The molecule has 1 aromatic heterocycles.